The number of carbonyl (C=O) groups is 1. The molecule has 112 valence electrons. The minimum absolute atomic E-state index is 0.309. The molecule has 20 heavy (non-hydrogen) atoms. The molecule has 1 N–H and O–H groups in total. The Morgan fingerprint density at radius 2 is 1.80 bits per heavy atom. The molecule has 1 aromatic rings. The first-order valence-corrected chi connectivity index (χ1v) is 7.72. The van der Waals surface area contributed by atoms with Gasteiger partial charge in [-0.2, -0.15) is 0 Å². The van der Waals surface area contributed by atoms with Crippen molar-refractivity contribution in [1.82, 2.24) is 0 Å². The molecule has 1 rings (SSSR count). The Morgan fingerprint density at radius 3 is 2.25 bits per heavy atom. The van der Waals surface area contributed by atoms with Crippen molar-refractivity contribution >= 4 is 15.8 Å². The SMILES string of the molecule is CCC(CC)C(C(=O)O)S(=O)(=O)c1cc(F)ccc1F. The number of sulfone groups is 1. The first-order chi connectivity index (χ1) is 9.25. The van der Waals surface area contributed by atoms with E-state index in [0.29, 0.717) is 25.0 Å². The molecule has 0 aromatic heterocycles. The normalized spacial score (nSPS) is 13.4. The van der Waals surface area contributed by atoms with Crippen molar-refractivity contribution in [2.24, 2.45) is 5.92 Å². The molecule has 1 atom stereocenters. The highest BCUT2D eigenvalue weighted by Crippen LogP contribution is 2.28. The Labute approximate surface area is 116 Å². The predicted octanol–water partition coefficient (Wildman–Crippen LogP) is 2.63. The number of carboxylic acids is 1. The van der Waals surface area contributed by atoms with E-state index in [1.54, 1.807) is 13.8 Å². The fourth-order valence-corrected chi connectivity index (χ4v) is 4.18. The molecule has 0 amide bonds. The van der Waals surface area contributed by atoms with E-state index in [1.165, 1.54) is 0 Å². The van der Waals surface area contributed by atoms with E-state index >= 15 is 0 Å². The summed E-state index contributed by atoms with van der Waals surface area (Å²) in [5.74, 6) is -4.30. The highest BCUT2D eigenvalue weighted by Gasteiger charge is 2.40. The number of carboxylic acid groups (broad SMARTS) is 1. The minimum atomic E-state index is -4.49. The zero-order valence-electron chi connectivity index (χ0n) is 11.1. The average Bonchev–Trinajstić information content (AvgIpc) is 2.37. The van der Waals surface area contributed by atoms with Gasteiger partial charge >= 0.3 is 5.97 Å². The lowest BCUT2D eigenvalue weighted by Crippen LogP contribution is -2.37. The largest absolute Gasteiger partial charge is 0.480 e. The van der Waals surface area contributed by atoms with Crippen LogP contribution < -0.4 is 0 Å². The number of hydrogen-bond acceptors (Lipinski definition) is 3. The maximum absolute atomic E-state index is 13.6. The maximum atomic E-state index is 13.6. The van der Waals surface area contributed by atoms with Crippen molar-refractivity contribution < 1.29 is 27.1 Å². The van der Waals surface area contributed by atoms with Crippen LogP contribution in [0.2, 0.25) is 0 Å². The molecule has 0 saturated heterocycles. The van der Waals surface area contributed by atoms with Gasteiger partial charge in [-0.1, -0.05) is 26.7 Å². The second-order valence-electron chi connectivity index (χ2n) is 4.46. The predicted molar refractivity (Wildman–Crippen MR) is 69.0 cm³/mol. The summed E-state index contributed by atoms with van der Waals surface area (Å²) in [6, 6.07) is 1.97. The number of aliphatic carboxylic acids is 1. The Kier molecular flexibility index (Phi) is 5.21. The Balaban J connectivity index is 3.44. The van der Waals surface area contributed by atoms with Crippen LogP contribution in [0.15, 0.2) is 23.1 Å². The van der Waals surface area contributed by atoms with Crippen LogP contribution in [0.1, 0.15) is 26.7 Å². The van der Waals surface area contributed by atoms with Crippen molar-refractivity contribution in [1.29, 1.82) is 0 Å². The van der Waals surface area contributed by atoms with Crippen LogP contribution in [0.4, 0.5) is 8.78 Å². The summed E-state index contributed by atoms with van der Waals surface area (Å²) in [7, 11) is -4.49. The summed E-state index contributed by atoms with van der Waals surface area (Å²) in [5, 5.41) is 7.38. The van der Waals surface area contributed by atoms with Crippen LogP contribution in [0, 0.1) is 17.6 Å². The highest BCUT2D eigenvalue weighted by atomic mass is 32.2. The third-order valence-corrected chi connectivity index (χ3v) is 5.44. The lowest BCUT2D eigenvalue weighted by atomic mass is 9.99. The van der Waals surface area contributed by atoms with Gasteiger partial charge in [-0.3, -0.25) is 4.79 Å². The van der Waals surface area contributed by atoms with Gasteiger partial charge in [0.1, 0.15) is 16.5 Å². The van der Waals surface area contributed by atoms with Crippen molar-refractivity contribution in [3.63, 3.8) is 0 Å². The molecule has 1 unspecified atom stereocenters. The fraction of sp³-hybridized carbons (Fsp3) is 0.462. The highest BCUT2D eigenvalue weighted by molar-refractivity contribution is 7.92. The smallest absolute Gasteiger partial charge is 0.322 e. The van der Waals surface area contributed by atoms with Crippen molar-refractivity contribution in [3.8, 4) is 0 Å². The first-order valence-electron chi connectivity index (χ1n) is 6.17. The summed E-state index contributed by atoms with van der Waals surface area (Å²) >= 11 is 0. The molecule has 1 aromatic carbocycles. The van der Waals surface area contributed by atoms with Gasteiger partial charge in [-0.15, -0.1) is 0 Å². The molecule has 0 heterocycles. The Morgan fingerprint density at radius 1 is 1.25 bits per heavy atom. The molecule has 0 aliphatic rings. The minimum Gasteiger partial charge on any atom is -0.480 e. The van der Waals surface area contributed by atoms with Crippen molar-refractivity contribution in [3.05, 3.63) is 29.8 Å². The van der Waals surface area contributed by atoms with E-state index in [-0.39, 0.29) is 0 Å². The van der Waals surface area contributed by atoms with Crippen LogP contribution in [-0.2, 0) is 14.6 Å². The van der Waals surface area contributed by atoms with Crippen molar-refractivity contribution in [2.45, 2.75) is 36.8 Å². The van der Waals surface area contributed by atoms with Gasteiger partial charge in [0.05, 0.1) is 0 Å². The van der Waals surface area contributed by atoms with E-state index < -0.39 is 43.5 Å². The number of benzene rings is 1. The third kappa shape index (κ3) is 3.15. The quantitative estimate of drug-likeness (QED) is 0.877. The monoisotopic (exact) mass is 306 g/mol. The molecule has 0 aliphatic heterocycles. The molecule has 0 bridgehead atoms. The Hall–Kier alpha value is -1.50. The molecule has 0 spiro atoms. The second-order valence-corrected chi connectivity index (χ2v) is 6.49. The van der Waals surface area contributed by atoms with Gasteiger partial charge in [0.15, 0.2) is 15.1 Å². The maximum Gasteiger partial charge on any atom is 0.322 e. The van der Waals surface area contributed by atoms with Gasteiger partial charge in [0.25, 0.3) is 0 Å². The standard InChI is InChI=1S/C13H16F2O4S/c1-3-8(4-2)12(13(16)17)20(18,19)11-7-9(14)5-6-10(11)15/h5-8,12H,3-4H2,1-2H3,(H,16,17). The molecular weight excluding hydrogens is 290 g/mol. The van der Waals surface area contributed by atoms with Crippen LogP contribution in [0.25, 0.3) is 0 Å². The molecular formula is C13H16F2O4S. The lowest BCUT2D eigenvalue weighted by molar-refractivity contribution is -0.137. The van der Waals surface area contributed by atoms with Crippen LogP contribution in [0.5, 0.6) is 0 Å². The first kappa shape index (κ1) is 16.6. The summed E-state index contributed by atoms with van der Waals surface area (Å²) in [6.07, 6.45) is 0.618. The molecule has 0 fully saturated rings. The van der Waals surface area contributed by atoms with Gasteiger partial charge in [-0.25, -0.2) is 17.2 Å². The summed E-state index contributed by atoms with van der Waals surface area (Å²) in [4.78, 5) is 10.4. The molecule has 4 nitrogen and oxygen atoms in total. The van der Waals surface area contributed by atoms with E-state index in [1.807, 2.05) is 0 Å². The van der Waals surface area contributed by atoms with E-state index in [0.717, 1.165) is 6.07 Å². The zero-order chi connectivity index (χ0) is 15.5. The summed E-state index contributed by atoms with van der Waals surface area (Å²) in [5.41, 5.74) is 0. The second kappa shape index (κ2) is 6.30. The molecule has 0 radical (unpaired) electrons. The zero-order valence-corrected chi connectivity index (χ0v) is 12.0. The number of hydrogen-bond donors (Lipinski definition) is 1. The number of rotatable bonds is 6. The van der Waals surface area contributed by atoms with Gasteiger partial charge < -0.3 is 5.11 Å². The topological polar surface area (TPSA) is 71.4 Å². The molecule has 0 aliphatic carbocycles. The van der Waals surface area contributed by atoms with Gasteiger partial charge in [-0.05, 0) is 24.1 Å². The van der Waals surface area contributed by atoms with Crippen LogP contribution in [-0.4, -0.2) is 24.7 Å². The van der Waals surface area contributed by atoms with Gasteiger partial charge in [0, 0.05) is 0 Å². The van der Waals surface area contributed by atoms with E-state index in [4.69, 9.17) is 5.11 Å². The lowest BCUT2D eigenvalue weighted by Gasteiger charge is -2.21. The third-order valence-electron chi connectivity index (χ3n) is 3.25. The fourth-order valence-electron chi connectivity index (χ4n) is 2.14. The molecule has 0 saturated carbocycles. The van der Waals surface area contributed by atoms with Gasteiger partial charge in [0.2, 0.25) is 0 Å². The summed E-state index contributed by atoms with van der Waals surface area (Å²) < 4.78 is 51.4. The van der Waals surface area contributed by atoms with Crippen LogP contribution in [0.3, 0.4) is 0 Å². The van der Waals surface area contributed by atoms with Crippen molar-refractivity contribution in [2.75, 3.05) is 0 Å². The summed E-state index contributed by atoms with van der Waals surface area (Å²) in [6.45, 7) is 3.31. The molecule has 7 heteroatoms. The number of halogens is 2. The van der Waals surface area contributed by atoms with Crippen LogP contribution >= 0.6 is 0 Å². The Bertz CT molecular complexity index is 594. The average molecular weight is 306 g/mol. The van der Waals surface area contributed by atoms with E-state index in [9.17, 15) is 22.0 Å². The van der Waals surface area contributed by atoms with E-state index in [2.05, 4.69) is 0 Å².